The zero-order chi connectivity index (χ0) is 9.48. The predicted octanol–water partition coefficient (Wildman–Crippen LogP) is 3.92. The van der Waals surface area contributed by atoms with Crippen molar-refractivity contribution in [3.05, 3.63) is 11.1 Å². The number of hydrogen-bond acceptors (Lipinski definition) is 0. The minimum atomic E-state index is 0.581. The minimum absolute atomic E-state index is 0.581. The van der Waals surface area contributed by atoms with Gasteiger partial charge in [-0.2, -0.15) is 0 Å². The normalized spacial score (nSPS) is 50.8. The summed E-state index contributed by atoms with van der Waals surface area (Å²) < 4.78 is 0. The molecule has 13 heavy (non-hydrogen) atoms. The molecule has 0 aromatic heterocycles. The standard InChI is InChI=1S/C13H20/c1-11(2)12(3)7-9-5-6-10(9)8-13(11,12)4/h5-8H2,1-4H3/t12-,13+. The molecular formula is C13H20. The second-order valence-electron chi connectivity index (χ2n) is 6.35. The fraction of sp³-hybridized carbons (Fsp3) is 0.846. The molecule has 0 aromatic carbocycles. The van der Waals surface area contributed by atoms with Gasteiger partial charge in [-0.3, -0.25) is 0 Å². The Bertz CT molecular complexity index is 291. The lowest BCUT2D eigenvalue weighted by Crippen LogP contribution is -2.21. The van der Waals surface area contributed by atoms with Gasteiger partial charge in [-0.25, -0.2) is 0 Å². The summed E-state index contributed by atoms with van der Waals surface area (Å²) in [5.41, 5.74) is 5.48. The first-order valence-electron chi connectivity index (χ1n) is 5.62. The molecule has 0 aliphatic heterocycles. The molecule has 3 aliphatic rings. The average molecular weight is 176 g/mol. The van der Waals surface area contributed by atoms with Crippen LogP contribution in [0.1, 0.15) is 53.4 Å². The third kappa shape index (κ3) is 0.582. The van der Waals surface area contributed by atoms with Gasteiger partial charge in [-0.1, -0.05) is 38.8 Å². The maximum absolute atomic E-state index is 2.51. The molecule has 0 spiro atoms. The Kier molecular flexibility index (Phi) is 1.09. The average Bonchev–Trinajstić information content (AvgIpc) is 2.36. The van der Waals surface area contributed by atoms with Crippen molar-refractivity contribution in [1.82, 2.24) is 0 Å². The topological polar surface area (TPSA) is 0 Å². The van der Waals surface area contributed by atoms with E-state index in [0.29, 0.717) is 16.2 Å². The summed E-state index contributed by atoms with van der Waals surface area (Å²) >= 11 is 0. The van der Waals surface area contributed by atoms with Gasteiger partial charge in [0, 0.05) is 0 Å². The molecule has 0 aromatic rings. The SMILES string of the molecule is CC1(C)[C@]2(C)CC3=C(CC3)C[C@]12C. The van der Waals surface area contributed by atoms with Crippen LogP contribution in [0.4, 0.5) is 0 Å². The number of hydrogen-bond donors (Lipinski definition) is 0. The highest BCUT2D eigenvalue weighted by Gasteiger charge is 2.77. The first-order chi connectivity index (χ1) is 5.92. The molecule has 0 nitrogen and oxygen atoms in total. The fourth-order valence-corrected chi connectivity index (χ4v) is 4.15. The Morgan fingerprint density at radius 3 is 1.46 bits per heavy atom. The zero-order valence-electron chi connectivity index (χ0n) is 9.33. The van der Waals surface area contributed by atoms with Gasteiger partial charge < -0.3 is 0 Å². The Balaban J connectivity index is 2.05. The molecule has 0 bridgehead atoms. The summed E-state index contributed by atoms with van der Waals surface area (Å²) in [4.78, 5) is 0. The molecule has 0 N–H and O–H groups in total. The molecule has 0 heteroatoms. The van der Waals surface area contributed by atoms with Gasteiger partial charge >= 0.3 is 0 Å². The highest BCUT2D eigenvalue weighted by atomic mass is 14.8. The van der Waals surface area contributed by atoms with Crippen molar-refractivity contribution >= 4 is 0 Å². The predicted molar refractivity (Wildman–Crippen MR) is 55.5 cm³/mol. The van der Waals surface area contributed by atoms with Crippen LogP contribution in [0.3, 0.4) is 0 Å². The molecule has 3 aliphatic carbocycles. The summed E-state index contributed by atoms with van der Waals surface area (Å²) in [7, 11) is 0. The molecule has 72 valence electrons. The molecule has 1 fully saturated rings. The summed E-state index contributed by atoms with van der Waals surface area (Å²) in [6, 6.07) is 0. The summed E-state index contributed by atoms with van der Waals surface area (Å²) in [5.74, 6) is 0. The van der Waals surface area contributed by atoms with E-state index < -0.39 is 0 Å². The van der Waals surface area contributed by atoms with Crippen molar-refractivity contribution in [1.29, 1.82) is 0 Å². The van der Waals surface area contributed by atoms with E-state index in [1.165, 1.54) is 25.7 Å². The smallest absolute Gasteiger partial charge is 0.0170 e. The highest BCUT2D eigenvalue weighted by molar-refractivity contribution is 5.40. The maximum atomic E-state index is 2.51. The third-order valence-corrected chi connectivity index (χ3v) is 6.28. The second kappa shape index (κ2) is 1.76. The molecule has 0 heterocycles. The van der Waals surface area contributed by atoms with E-state index in [0.717, 1.165) is 0 Å². The summed E-state index contributed by atoms with van der Waals surface area (Å²) in [6.45, 7) is 9.96. The Hall–Kier alpha value is -0.260. The van der Waals surface area contributed by atoms with Gasteiger partial charge in [0.1, 0.15) is 0 Å². The van der Waals surface area contributed by atoms with Crippen molar-refractivity contribution in [2.24, 2.45) is 16.2 Å². The zero-order valence-corrected chi connectivity index (χ0v) is 9.33. The van der Waals surface area contributed by atoms with Crippen LogP contribution in [0.5, 0.6) is 0 Å². The summed E-state index contributed by atoms with van der Waals surface area (Å²) in [5, 5.41) is 0. The van der Waals surface area contributed by atoms with Crippen molar-refractivity contribution in [2.45, 2.75) is 53.4 Å². The van der Waals surface area contributed by atoms with Crippen LogP contribution in [-0.4, -0.2) is 0 Å². The lowest BCUT2D eigenvalue weighted by molar-refractivity contribution is 0.332. The van der Waals surface area contributed by atoms with Gasteiger partial charge in [-0.15, -0.1) is 0 Å². The minimum Gasteiger partial charge on any atom is -0.0701 e. The number of allylic oxidation sites excluding steroid dienone is 2. The van der Waals surface area contributed by atoms with E-state index in [-0.39, 0.29) is 0 Å². The van der Waals surface area contributed by atoms with Crippen LogP contribution >= 0.6 is 0 Å². The first kappa shape index (κ1) is 8.08. The fourth-order valence-electron chi connectivity index (χ4n) is 4.15. The lowest BCUT2D eigenvalue weighted by Gasteiger charge is -2.35. The molecule has 0 amide bonds. The third-order valence-electron chi connectivity index (χ3n) is 6.28. The van der Waals surface area contributed by atoms with Crippen molar-refractivity contribution in [3.63, 3.8) is 0 Å². The molecular weight excluding hydrogens is 156 g/mol. The van der Waals surface area contributed by atoms with E-state index in [4.69, 9.17) is 0 Å². The van der Waals surface area contributed by atoms with Gasteiger partial charge in [0.25, 0.3) is 0 Å². The van der Waals surface area contributed by atoms with E-state index in [2.05, 4.69) is 27.7 Å². The van der Waals surface area contributed by atoms with E-state index in [1.807, 2.05) is 11.1 Å². The van der Waals surface area contributed by atoms with E-state index in [1.54, 1.807) is 0 Å². The maximum Gasteiger partial charge on any atom is -0.0170 e. The van der Waals surface area contributed by atoms with Crippen LogP contribution in [0.25, 0.3) is 0 Å². The molecule has 1 saturated carbocycles. The lowest BCUT2D eigenvalue weighted by atomic mass is 9.70. The van der Waals surface area contributed by atoms with Gasteiger partial charge in [0.05, 0.1) is 0 Å². The van der Waals surface area contributed by atoms with Crippen LogP contribution < -0.4 is 0 Å². The van der Waals surface area contributed by atoms with Crippen LogP contribution in [0.2, 0.25) is 0 Å². The van der Waals surface area contributed by atoms with Gasteiger partial charge in [0.2, 0.25) is 0 Å². The van der Waals surface area contributed by atoms with Crippen LogP contribution in [0, 0.1) is 16.2 Å². The Morgan fingerprint density at radius 1 is 0.769 bits per heavy atom. The van der Waals surface area contributed by atoms with Gasteiger partial charge in [0.15, 0.2) is 0 Å². The molecule has 3 rings (SSSR count). The molecule has 0 radical (unpaired) electrons. The van der Waals surface area contributed by atoms with Crippen LogP contribution in [0.15, 0.2) is 11.1 Å². The largest absolute Gasteiger partial charge is 0.0701 e. The molecule has 0 unspecified atom stereocenters. The monoisotopic (exact) mass is 176 g/mol. The van der Waals surface area contributed by atoms with Crippen molar-refractivity contribution < 1.29 is 0 Å². The van der Waals surface area contributed by atoms with Gasteiger partial charge in [-0.05, 0) is 41.9 Å². The number of fused-ring (bicyclic) bond motifs is 1. The highest BCUT2D eigenvalue weighted by Crippen LogP contribution is 2.84. The summed E-state index contributed by atoms with van der Waals surface area (Å²) in [6.07, 6.45) is 5.64. The van der Waals surface area contributed by atoms with Crippen molar-refractivity contribution in [3.8, 4) is 0 Å². The quantitative estimate of drug-likeness (QED) is 0.491. The van der Waals surface area contributed by atoms with Crippen molar-refractivity contribution in [2.75, 3.05) is 0 Å². The van der Waals surface area contributed by atoms with E-state index in [9.17, 15) is 0 Å². The van der Waals surface area contributed by atoms with Crippen LogP contribution in [-0.2, 0) is 0 Å². The number of rotatable bonds is 0. The Labute approximate surface area is 81.4 Å². The molecule has 2 atom stereocenters. The van der Waals surface area contributed by atoms with E-state index >= 15 is 0 Å². The Morgan fingerprint density at radius 2 is 1.15 bits per heavy atom. The second-order valence-corrected chi connectivity index (χ2v) is 6.35. The molecule has 0 saturated heterocycles. The first-order valence-corrected chi connectivity index (χ1v) is 5.62.